The molecule has 46 heavy (non-hydrogen) atoms. The monoisotopic (exact) mass is 818 g/mol. The Kier molecular flexibility index (Phi) is 9.47. The molecule has 2 atom stereocenters. The van der Waals surface area contributed by atoms with Gasteiger partial charge >= 0.3 is 271 Å². The number of fused-ring (bicyclic) bond motifs is 4. The number of benzene rings is 6. The number of hydrogen-bond donors (Lipinski definition) is 0. The summed E-state index contributed by atoms with van der Waals surface area (Å²) in [6.45, 7) is 10.3. The Bertz CT molecular complexity index is 2080. The van der Waals surface area contributed by atoms with Crippen molar-refractivity contribution in [2.75, 3.05) is 0 Å². The fourth-order valence-electron chi connectivity index (χ4n) is 8.28. The van der Waals surface area contributed by atoms with Crippen LogP contribution in [0.5, 0.6) is 0 Å². The van der Waals surface area contributed by atoms with Crippen molar-refractivity contribution >= 4 is 38.2 Å². The maximum atomic E-state index is 2.64. The number of rotatable bonds is 4. The molecule has 6 aromatic rings. The summed E-state index contributed by atoms with van der Waals surface area (Å²) in [7, 11) is 0. The molecule has 0 radical (unpaired) electrons. The first-order chi connectivity index (χ1) is 21.5. The van der Waals surface area contributed by atoms with Crippen LogP contribution in [-0.4, -0.2) is 5.49 Å². The molecule has 8 rings (SSSR count). The van der Waals surface area contributed by atoms with Crippen molar-refractivity contribution in [1.29, 1.82) is 0 Å². The van der Waals surface area contributed by atoms with Gasteiger partial charge in [0.25, 0.3) is 0 Å². The number of halogens is 2. The Morgan fingerprint density at radius 1 is 0.435 bits per heavy atom. The maximum Gasteiger partial charge on any atom is -1.00 e. The van der Waals surface area contributed by atoms with E-state index in [1.807, 2.05) is 0 Å². The molecule has 226 valence electrons. The van der Waals surface area contributed by atoms with Gasteiger partial charge < -0.3 is 24.8 Å². The first-order valence-corrected chi connectivity index (χ1v) is 27.8. The van der Waals surface area contributed by atoms with Crippen LogP contribution in [-0.2, 0) is 20.1 Å². The van der Waals surface area contributed by atoms with Gasteiger partial charge in [-0.1, -0.05) is 0 Å². The standard InChI is InChI=1S/2C20H15.C2H6Si.2ClH.Hf/c2*1-14-13-16-8-3-5-11-18(16)20(14)19-12-6-9-15-7-2-4-10-17(15)19;1-3-2;;;/h2*2-13H,1H3;1-2H3;2*1H;/q;;;;;+2/p-2. The minimum atomic E-state index is -2.52. The predicted octanol–water partition coefficient (Wildman–Crippen LogP) is 5.32. The third-order valence-electron chi connectivity index (χ3n) is 10.1. The molecule has 0 bridgehead atoms. The van der Waals surface area contributed by atoms with Crippen molar-refractivity contribution in [3.8, 4) is 0 Å². The zero-order chi connectivity index (χ0) is 29.9. The Morgan fingerprint density at radius 3 is 1.22 bits per heavy atom. The summed E-state index contributed by atoms with van der Waals surface area (Å²) >= 11 is -2.52. The van der Waals surface area contributed by atoms with Gasteiger partial charge in [-0.25, -0.2) is 0 Å². The van der Waals surface area contributed by atoms with Crippen molar-refractivity contribution in [3.63, 3.8) is 0 Å². The molecule has 0 aromatic heterocycles. The number of allylic oxidation sites excluding steroid dienone is 2. The first-order valence-electron chi connectivity index (χ1n) is 15.8. The van der Waals surface area contributed by atoms with Crippen LogP contribution in [0.1, 0.15) is 54.6 Å². The van der Waals surface area contributed by atoms with E-state index in [2.05, 4.69) is 160 Å². The molecule has 0 saturated carbocycles. The van der Waals surface area contributed by atoms with Crippen molar-refractivity contribution in [2.24, 2.45) is 0 Å². The van der Waals surface area contributed by atoms with Gasteiger partial charge in [-0.05, 0) is 0 Å². The molecule has 0 unspecified atom stereocenters. The topological polar surface area (TPSA) is 0 Å². The minimum Gasteiger partial charge on any atom is -1.00 e. The molecule has 0 N–H and O–H groups in total. The second-order valence-corrected chi connectivity index (χ2v) is 37.6. The van der Waals surface area contributed by atoms with E-state index in [0.29, 0.717) is 7.35 Å². The van der Waals surface area contributed by atoms with Crippen LogP contribution in [0.2, 0.25) is 13.1 Å². The van der Waals surface area contributed by atoms with Crippen LogP contribution in [0, 0.1) is 0 Å². The molecule has 2 aliphatic carbocycles. The summed E-state index contributed by atoms with van der Waals surface area (Å²) in [5.74, 6) is 0. The predicted molar refractivity (Wildman–Crippen MR) is 187 cm³/mol. The van der Waals surface area contributed by atoms with Crippen molar-refractivity contribution < 1.29 is 44.9 Å². The summed E-state index contributed by atoms with van der Waals surface area (Å²) in [6, 6.07) is 50.4. The average molecular weight is 818 g/mol. The molecule has 0 aliphatic heterocycles. The van der Waals surface area contributed by atoms with Crippen molar-refractivity contribution in [3.05, 3.63) is 178 Å². The van der Waals surface area contributed by atoms with E-state index in [1.165, 1.54) is 54.9 Å². The maximum absolute atomic E-state index is 2.64. The Hall–Kier alpha value is -3.01. The van der Waals surface area contributed by atoms with Crippen molar-refractivity contribution in [1.82, 2.24) is 0 Å². The molecule has 0 fully saturated rings. The zero-order valence-electron chi connectivity index (χ0n) is 26.6. The van der Waals surface area contributed by atoms with Crippen LogP contribution >= 0.6 is 0 Å². The molecule has 2 aliphatic rings. The smallest absolute Gasteiger partial charge is 1.00 e. The van der Waals surface area contributed by atoms with E-state index < -0.39 is 25.6 Å². The van der Waals surface area contributed by atoms with Crippen LogP contribution in [0.25, 0.3) is 32.7 Å². The first kappa shape index (κ1) is 32.9. The van der Waals surface area contributed by atoms with Gasteiger partial charge in [0.15, 0.2) is 0 Å². The largest absolute Gasteiger partial charge is 1.00 e. The van der Waals surface area contributed by atoms with E-state index in [1.54, 1.807) is 22.3 Å². The fourth-order valence-corrected chi connectivity index (χ4v) is 37.8. The molecule has 0 nitrogen and oxygen atoms in total. The Morgan fingerprint density at radius 2 is 0.783 bits per heavy atom. The SMILES string of the molecule is CC1=C(c2cccc3ccccc23)c2ccccc2[C@@H]1[Hf+2]([C@H]1C(C)=C(c2cccc3ccccc23)c2ccccc21)=[Si](C)C.[Cl-].[Cl-]. The van der Waals surface area contributed by atoms with E-state index in [0.717, 1.165) is 0 Å². The van der Waals surface area contributed by atoms with Gasteiger partial charge in [-0.2, -0.15) is 0 Å². The van der Waals surface area contributed by atoms with E-state index in [4.69, 9.17) is 0 Å². The van der Waals surface area contributed by atoms with Gasteiger partial charge in [-0.15, -0.1) is 0 Å². The number of hydrogen-bond acceptors (Lipinski definition) is 0. The van der Waals surface area contributed by atoms with E-state index in [9.17, 15) is 0 Å². The van der Waals surface area contributed by atoms with Gasteiger partial charge in [0, 0.05) is 0 Å². The van der Waals surface area contributed by atoms with Gasteiger partial charge in [0.2, 0.25) is 0 Å². The van der Waals surface area contributed by atoms with Gasteiger partial charge in [0.05, 0.1) is 0 Å². The Balaban J connectivity index is 0.00000186. The molecular formula is C42H36Cl2HfSi. The summed E-state index contributed by atoms with van der Waals surface area (Å²) < 4.78 is 1.18. The molecule has 0 heterocycles. The molecule has 4 heteroatoms. The Labute approximate surface area is 293 Å². The summed E-state index contributed by atoms with van der Waals surface area (Å²) in [5, 5.41) is 5.38. The van der Waals surface area contributed by atoms with Crippen molar-refractivity contribution in [2.45, 2.75) is 34.3 Å². The fraction of sp³-hybridized carbons (Fsp3) is 0.143. The third-order valence-corrected chi connectivity index (χ3v) is 38.2. The molecule has 0 saturated heterocycles. The molecule has 0 spiro atoms. The minimum absolute atomic E-state index is 0. The van der Waals surface area contributed by atoms with Gasteiger partial charge in [0.1, 0.15) is 0 Å². The second kappa shape index (κ2) is 13.2. The zero-order valence-corrected chi connectivity index (χ0v) is 32.7. The third kappa shape index (κ3) is 5.13. The molecule has 0 amide bonds. The summed E-state index contributed by atoms with van der Waals surface area (Å²) in [4.78, 5) is 0. The molecule has 6 aromatic carbocycles. The average Bonchev–Trinajstić information content (AvgIpc) is 3.50. The summed E-state index contributed by atoms with van der Waals surface area (Å²) in [5.41, 5.74) is 14.7. The quantitative estimate of drug-likeness (QED) is 0.212. The van der Waals surface area contributed by atoms with Crippen LogP contribution in [0.4, 0.5) is 0 Å². The van der Waals surface area contributed by atoms with E-state index in [-0.39, 0.29) is 24.8 Å². The second-order valence-electron chi connectivity index (χ2n) is 12.7. The van der Waals surface area contributed by atoms with Crippen LogP contribution in [0.3, 0.4) is 0 Å². The van der Waals surface area contributed by atoms with Crippen LogP contribution < -0.4 is 24.8 Å². The molecular weight excluding hydrogens is 782 g/mol. The van der Waals surface area contributed by atoms with Crippen LogP contribution in [0.15, 0.2) is 145 Å². The van der Waals surface area contributed by atoms with Gasteiger partial charge in [-0.3, -0.25) is 0 Å². The summed E-state index contributed by atoms with van der Waals surface area (Å²) in [6.07, 6.45) is 0. The normalized spacial score (nSPS) is 16.4. The van der Waals surface area contributed by atoms with E-state index >= 15 is 0 Å².